The summed E-state index contributed by atoms with van der Waals surface area (Å²) >= 11 is 2.04. The molecule has 1 fully saturated rings. The van der Waals surface area contributed by atoms with Crippen LogP contribution in [0.5, 0.6) is 0 Å². The van der Waals surface area contributed by atoms with Gasteiger partial charge in [0.25, 0.3) is 5.91 Å². The van der Waals surface area contributed by atoms with Crippen LogP contribution in [0.4, 0.5) is 0 Å². The van der Waals surface area contributed by atoms with Gasteiger partial charge in [0.2, 0.25) is 0 Å². The molecule has 1 atom stereocenters. The summed E-state index contributed by atoms with van der Waals surface area (Å²) in [6.07, 6.45) is 1.33. The van der Waals surface area contributed by atoms with Crippen LogP contribution in [0.3, 0.4) is 0 Å². The first-order chi connectivity index (χ1) is 9.25. The predicted octanol–water partition coefficient (Wildman–Crippen LogP) is 2.07. The average molecular weight is 278 g/mol. The predicted molar refractivity (Wildman–Crippen MR) is 81.8 cm³/mol. The third kappa shape index (κ3) is 4.88. The minimum atomic E-state index is 0.0122. The first-order valence-corrected chi connectivity index (χ1v) is 8.04. The number of amides is 1. The van der Waals surface area contributed by atoms with Gasteiger partial charge < -0.3 is 10.6 Å². The first kappa shape index (κ1) is 14.4. The second kappa shape index (κ2) is 7.56. The number of thioether (sulfide) groups is 1. The Balaban J connectivity index is 1.59. The van der Waals surface area contributed by atoms with Crippen LogP contribution in [0, 0.1) is 12.8 Å². The Labute approximate surface area is 119 Å². The summed E-state index contributed by atoms with van der Waals surface area (Å²) in [6, 6.07) is 7.66. The lowest BCUT2D eigenvalue weighted by molar-refractivity contribution is 0.0954. The third-order valence-electron chi connectivity index (χ3n) is 3.36. The maximum Gasteiger partial charge on any atom is 0.251 e. The van der Waals surface area contributed by atoms with Gasteiger partial charge >= 0.3 is 0 Å². The molecule has 104 valence electrons. The second-order valence-corrected chi connectivity index (χ2v) is 6.21. The van der Waals surface area contributed by atoms with E-state index in [9.17, 15) is 4.79 Å². The maximum absolute atomic E-state index is 11.8. The van der Waals surface area contributed by atoms with E-state index in [1.807, 2.05) is 43.0 Å². The van der Waals surface area contributed by atoms with Gasteiger partial charge in [0.1, 0.15) is 0 Å². The van der Waals surface area contributed by atoms with Gasteiger partial charge in [-0.15, -0.1) is 0 Å². The fourth-order valence-corrected chi connectivity index (χ4v) is 3.41. The molecule has 0 spiro atoms. The van der Waals surface area contributed by atoms with Gasteiger partial charge in [-0.1, -0.05) is 17.7 Å². The van der Waals surface area contributed by atoms with Crippen LogP contribution in [0.1, 0.15) is 22.3 Å². The van der Waals surface area contributed by atoms with Gasteiger partial charge in [0.05, 0.1) is 0 Å². The highest BCUT2D eigenvalue weighted by Gasteiger charge is 2.14. The van der Waals surface area contributed by atoms with Gasteiger partial charge in [-0.3, -0.25) is 4.79 Å². The largest absolute Gasteiger partial charge is 0.351 e. The minimum Gasteiger partial charge on any atom is -0.351 e. The highest BCUT2D eigenvalue weighted by atomic mass is 32.2. The second-order valence-electron chi connectivity index (χ2n) is 5.06. The number of aryl methyl sites for hydroxylation is 1. The molecule has 0 aliphatic carbocycles. The highest BCUT2D eigenvalue weighted by Crippen LogP contribution is 2.22. The zero-order valence-corrected chi connectivity index (χ0v) is 12.3. The summed E-state index contributed by atoms with van der Waals surface area (Å²) in [6.45, 7) is 4.63. The molecular formula is C15H22N2OS. The third-order valence-corrected chi connectivity index (χ3v) is 4.59. The number of carbonyl (C=O) groups is 1. The minimum absolute atomic E-state index is 0.0122. The maximum atomic E-state index is 11.8. The van der Waals surface area contributed by atoms with E-state index in [1.165, 1.54) is 23.5 Å². The van der Waals surface area contributed by atoms with Crippen molar-refractivity contribution in [2.45, 2.75) is 13.3 Å². The van der Waals surface area contributed by atoms with Crippen molar-refractivity contribution >= 4 is 17.7 Å². The molecule has 3 nitrogen and oxygen atoms in total. The Hall–Kier alpha value is -1.00. The summed E-state index contributed by atoms with van der Waals surface area (Å²) in [5.41, 5.74) is 1.91. The van der Waals surface area contributed by atoms with E-state index < -0.39 is 0 Å². The Bertz CT molecular complexity index is 399. The summed E-state index contributed by atoms with van der Waals surface area (Å²) in [5, 5.41) is 6.35. The molecule has 1 amide bonds. The van der Waals surface area contributed by atoms with Crippen LogP contribution in [0.2, 0.25) is 0 Å². The average Bonchev–Trinajstić information content (AvgIpc) is 2.92. The van der Waals surface area contributed by atoms with Gasteiger partial charge in [0.15, 0.2) is 0 Å². The number of rotatable bonds is 6. The van der Waals surface area contributed by atoms with E-state index >= 15 is 0 Å². The summed E-state index contributed by atoms with van der Waals surface area (Å²) in [7, 11) is 0. The van der Waals surface area contributed by atoms with Crippen molar-refractivity contribution in [2.75, 3.05) is 31.1 Å². The Morgan fingerprint density at radius 2 is 2.11 bits per heavy atom. The van der Waals surface area contributed by atoms with Gasteiger partial charge in [-0.2, -0.15) is 11.8 Å². The molecule has 0 saturated carbocycles. The van der Waals surface area contributed by atoms with E-state index in [2.05, 4.69) is 10.6 Å². The number of nitrogens with one attached hydrogen (secondary N) is 2. The molecule has 1 heterocycles. The molecule has 1 aromatic rings. The van der Waals surface area contributed by atoms with Crippen molar-refractivity contribution in [3.63, 3.8) is 0 Å². The lowest BCUT2D eigenvalue weighted by Gasteiger charge is -2.10. The van der Waals surface area contributed by atoms with Gasteiger partial charge in [-0.05, 0) is 49.4 Å². The smallest absolute Gasteiger partial charge is 0.251 e. The van der Waals surface area contributed by atoms with Crippen molar-refractivity contribution in [3.05, 3.63) is 35.4 Å². The number of hydrogen-bond donors (Lipinski definition) is 2. The lowest BCUT2D eigenvalue weighted by atomic mass is 10.1. The zero-order chi connectivity index (χ0) is 13.5. The number of carbonyl (C=O) groups excluding carboxylic acids is 1. The fraction of sp³-hybridized carbons (Fsp3) is 0.533. The van der Waals surface area contributed by atoms with Crippen molar-refractivity contribution in [1.82, 2.24) is 10.6 Å². The molecule has 4 heteroatoms. The van der Waals surface area contributed by atoms with Crippen LogP contribution in [-0.2, 0) is 0 Å². The van der Waals surface area contributed by atoms with E-state index in [-0.39, 0.29) is 5.91 Å². The molecule has 2 rings (SSSR count). The molecule has 1 aliphatic rings. The Morgan fingerprint density at radius 1 is 1.32 bits per heavy atom. The molecule has 1 aliphatic heterocycles. The lowest BCUT2D eigenvalue weighted by Crippen LogP contribution is -2.33. The first-order valence-electron chi connectivity index (χ1n) is 6.89. The number of benzene rings is 1. The molecule has 0 bridgehead atoms. The standard InChI is InChI=1S/C15H22N2OS/c1-12-2-4-14(5-3-12)15(18)17-8-7-16-10-13-6-9-19-11-13/h2-5,13,16H,6-11H2,1H3,(H,17,18). The van der Waals surface area contributed by atoms with E-state index in [0.29, 0.717) is 6.54 Å². The van der Waals surface area contributed by atoms with Crippen LogP contribution in [0.15, 0.2) is 24.3 Å². The highest BCUT2D eigenvalue weighted by molar-refractivity contribution is 7.99. The van der Waals surface area contributed by atoms with Crippen LogP contribution < -0.4 is 10.6 Å². The van der Waals surface area contributed by atoms with Crippen molar-refractivity contribution in [1.29, 1.82) is 0 Å². The summed E-state index contributed by atoms with van der Waals surface area (Å²) in [4.78, 5) is 11.8. The topological polar surface area (TPSA) is 41.1 Å². The molecule has 1 aromatic carbocycles. The molecule has 0 aromatic heterocycles. The SMILES string of the molecule is Cc1ccc(C(=O)NCCNCC2CCSC2)cc1. The summed E-state index contributed by atoms with van der Waals surface area (Å²) in [5.74, 6) is 3.41. The van der Waals surface area contributed by atoms with Crippen LogP contribution in [0.25, 0.3) is 0 Å². The number of hydrogen-bond acceptors (Lipinski definition) is 3. The van der Waals surface area contributed by atoms with Crippen molar-refractivity contribution in [3.8, 4) is 0 Å². The molecular weight excluding hydrogens is 256 g/mol. The van der Waals surface area contributed by atoms with Gasteiger partial charge in [-0.25, -0.2) is 0 Å². The normalized spacial score (nSPS) is 18.5. The van der Waals surface area contributed by atoms with Crippen molar-refractivity contribution in [2.24, 2.45) is 5.92 Å². The van der Waals surface area contributed by atoms with Crippen LogP contribution >= 0.6 is 11.8 Å². The quantitative estimate of drug-likeness (QED) is 0.783. The zero-order valence-electron chi connectivity index (χ0n) is 11.4. The Morgan fingerprint density at radius 3 is 2.79 bits per heavy atom. The van der Waals surface area contributed by atoms with Gasteiger partial charge in [0, 0.05) is 18.7 Å². The van der Waals surface area contributed by atoms with E-state index in [4.69, 9.17) is 0 Å². The Kier molecular flexibility index (Phi) is 5.73. The monoisotopic (exact) mass is 278 g/mol. The summed E-state index contributed by atoms with van der Waals surface area (Å²) < 4.78 is 0. The fourth-order valence-electron chi connectivity index (χ4n) is 2.12. The molecule has 1 unspecified atom stereocenters. The van der Waals surface area contributed by atoms with Crippen molar-refractivity contribution < 1.29 is 4.79 Å². The molecule has 0 radical (unpaired) electrons. The molecule has 2 N–H and O–H groups in total. The van der Waals surface area contributed by atoms with E-state index in [0.717, 1.165) is 24.6 Å². The molecule has 19 heavy (non-hydrogen) atoms. The van der Waals surface area contributed by atoms with Crippen LogP contribution in [-0.4, -0.2) is 37.0 Å². The molecule has 1 saturated heterocycles. The van der Waals surface area contributed by atoms with E-state index in [1.54, 1.807) is 0 Å².